The molecule has 1 aromatic carbocycles. The number of phenols is 1. The van der Waals surface area contributed by atoms with E-state index < -0.39 is 0 Å². The van der Waals surface area contributed by atoms with E-state index in [-0.39, 0.29) is 12.4 Å². The smallest absolute Gasteiger partial charge is 0.151 e. The number of hydrogen-bond acceptors (Lipinski definition) is 5. The minimum absolute atomic E-state index is 0.221. The molecule has 1 aliphatic rings. The highest BCUT2D eigenvalue weighted by molar-refractivity contribution is 5.71. The number of rotatable bonds is 3. The normalized spacial score (nSPS) is 18.0. The van der Waals surface area contributed by atoms with Crippen LogP contribution >= 0.6 is 0 Å². The van der Waals surface area contributed by atoms with E-state index in [0.717, 1.165) is 42.0 Å². The van der Waals surface area contributed by atoms with Crippen LogP contribution in [-0.2, 0) is 0 Å². The van der Waals surface area contributed by atoms with Crippen LogP contribution in [-0.4, -0.2) is 40.1 Å². The maximum absolute atomic E-state index is 10.2. The number of benzene rings is 1. The van der Waals surface area contributed by atoms with Gasteiger partial charge in [-0.2, -0.15) is 0 Å². The molecule has 1 aliphatic heterocycles. The van der Waals surface area contributed by atoms with Crippen LogP contribution in [0.25, 0.3) is 11.3 Å². The Balaban J connectivity index is 1.86. The molecule has 2 N–H and O–H groups in total. The molecular weight excluding hydrogens is 278 g/mol. The van der Waals surface area contributed by atoms with E-state index in [4.69, 9.17) is 0 Å². The van der Waals surface area contributed by atoms with E-state index in [1.165, 1.54) is 0 Å². The van der Waals surface area contributed by atoms with Gasteiger partial charge in [0, 0.05) is 31.2 Å². The van der Waals surface area contributed by atoms with Crippen LogP contribution in [0.3, 0.4) is 0 Å². The zero-order valence-corrected chi connectivity index (χ0v) is 13.0. The standard InChI is InChI=1S/C17H21N3O2/c1-11-7-12(2)17(15(22)8-11)14-3-4-16(19-18-14)20-6-5-13(9-20)10-21/h3-4,7-8,13,21-22H,5-6,9-10H2,1-2H3/t13-/m1/s1. The van der Waals surface area contributed by atoms with Crippen LogP contribution in [0.15, 0.2) is 24.3 Å². The lowest BCUT2D eigenvalue weighted by Crippen LogP contribution is -2.21. The molecule has 1 atom stereocenters. The number of aliphatic hydroxyl groups excluding tert-OH is 1. The molecule has 0 unspecified atom stereocenters. The Hall–Kier alpha value is -2.14. The van der Waals surface area contributed by atoms with Gasteiger partial charge in [-0.15, -0.1) is 10.2 Å². The van der Waals surface area contributed by atoms with Crippen molar-refractivity contribution < 1.29 is 10.2 Å². The van der Waals surface area contributed by atoms with Crippen LogP contribution in [0.1, 0.15) is 17.5 Å². The molecule has 22 heavy (non-hydrogen) atoms. The van der Waals surface area contributed by atoms with Gasteiger partial charge in [0.05, 0.1) is 5.69 Å². The fourth-order valence-electron chi connectivity index (χ4n) is 3.10. The van der Waals surface area contributed by atoms with E-state index in [2.05, 4.69) is 15.1 Å². The fourth-order valence-corrected chi connectivity index (χ4v) is 3.10. The Labute approximate surface area is 130 Å². The van der Waals surface area contributed by atoms with Crippen molar-refractivity contribution in [1.82, 2.24) is 10.2 Å². The molecule has 0 radical (unpaired) electrons. The van der Waals surface area contributed by atoms with Crippen molar-refractivity contribution in [2.75, 3.05) is 24.6 Å². The van der Waals surface area contributed by atoms with Gasteiger partial charge in [-0.25, -0.2) is 0 Å². The van der Waals surface area contributed by atoms with Gasteiger partial charge in [0.1, 0.15) is 5.75 Å². The van der Waals surface area contributed by atoms with Crippen molar-refractivity contribution in [3.05, 3.63) is 35.4 Å². The zero-order chi connectivity index (χ0) is 15.7. The summed E-state index contributed by atoms with van der Waals surface area (Å²) in [5, 5.41) is 28.0. The monoisotopic (exact) mass is 299 g/mol. The quantitative estimate of drug-likeness (QED) is 0.910. The number of anilines is 1. The van der Waals surface area contributed by atoms with Crippen LogP contribution in [0, 0.1) is 19.8 Å². The molecule has 5 heteroatoms. The van der Waals surface area contributed by atoms with Crippen molar-refractivity contribution in [1.29, 1.82) is 0 Å². The topological polar surface area (TPSA) is 69.5 Å². The average molecular weight is 299 g/mol. The van der Waals surface area contributed by atoms with Gasteiger partial charge < -0.3 is 15.1 Å². The lowest BCUT2D eigenvalue weighted by molar-refractivity contribution is 0.238. The van der Waals surface area contributed by atoms with Gasteiger partial charge in [-0.1, -0.05) is 6.07 Å². The van der Waals surface area contributed by atoms with E-state index in [1.807, 2.05) is 32.0 Å². The Morgan fingerprint density at radius 2 is 2.05 bits per heavy atom. The second kappa shape index (κ2) is 5.93. The van der Waals surface area contributed by atoms with Crippen LogP contribution in [0.4, 0.5) is 5.82 Å². The zero-order valence-electron chi connectivity index (χ0n) is 13.0. The maximum Gasteiger partial charge on any atom is 0.151 e. The molecule has 2 aromatic rings. The summed E-state index contributed by atoms with van der Waals surface area (Å²) in [6.45, 7) is 5.85. The molecule has 0 spiro atoms. The molecular formula is C17H21N3O2. The van der Waals surface area contributed by atoms with Crippen molar-refractivity contribution >= 4 is 5.82 Å². The lowest BCUT2D eigenvalue weighted by Gasteiger charge is -2.17. The summed E-state index contributed by atoms with van der Waals surface area (Å²) in [5.74, 6) is 1.38. The van der Waals surface area contributed by atoms with Gasteiger partial charge in [0.25, 0.3) is 0 Å². The van der Waals surface area contributed by atoms with Gasteiger partial charge in [-0.3, -0.25) is 0 Å². The van der Waals surface area contributed by atoms with Crippen molar-refractivity contribution in [2.45, 2.75) is 20.3 Å². The van der Waals surface area contributed by atoms with Gasteiger partial charge in [0.2, 0.25) is 0 Å². The number of aromatic nitrogens is 2. The van der Waals surface area contributed by atoms with Crippen molar-refractivity contribution in [3.63, 3.8) is 0 Å². The molecule has 5 nitrogen and oxygen atoms in total. The molecule has 116 valence electrons. The molecule has 1 saturated heterocycles. The second-order valence-electron chi connectivity index (χ2n) is 6.04. The molecule has 1 aromatic heterocycles. The lowest BCUT2D eigenvalue weighted by atomic mass is 10.0. The first-order valence-electron chi connectivity index (χ1n) is 7.58. The van der Waals surface area contributed by atoms with E-state index in [1.54, 1.807) is 6.07 Å². The van der Waals surface area contributed by atoms with E-state index >= 15 is 0 Å². The molecule has 0 aliphatic carbocycles. The SMILES string of the molecule is Cc1cc(C)c(-c2ccc(N3CC[C@@H](CO)C3)nn2)c(O)c1. The highest BCUT2D eigenvalue weighted by Crippen LogP contribution is 2.32. The summed E-state index contributed by atoms with van der Waals surface area (Å²) >= 11 is 0. The molecule has 3 rings (SSSR count). The Bertz CT molecular complexity index is 647. The predicted molar refractivity (Wildman–Crippen MR) is 86.0 cm³/mol. The van der Waals surface area contributed by atoms with Gasteiger partial charge in [-0.05, 0) is 49.6 Å². The number of hydrogen-bond donors (Lipinski definition) is 2. The summed E-state index contributed by atoms with van der Waals surface area (Å²) in [4.78, 5) is 2.14. The average Bonchev–Trinajstić information content (AvgIpc) is 2.96. The summed E-state index contributed by atoms with van der Waals surface area (Å²) in [6.07, 6.45) is 0.984. The van der Waals surface area contributed by atoms with Crippen molar-refractivity contribution in [2.24, 2.45) is 5.92 Å². The van der Waals surface area contributed by atoms with Crippen LogP contribution in [0.2, 0.25) is 0 Å². The van der Waals surface area contributed by atoms with Gasteiger partial charge >= 0.3 is 0 Å². The second-order valence-corrected chi connectivity index (χ2v) is 6.04. The molecule has 0 amide bonds. The highest BCUT2D eigenvalue weighted by Gasteiger charge is 2.23. The minimum atomic E-state index is 0.221. The number of aliphatic hydroxyl groups is 1. The largest absolute Gasteiger partial charge is 0.507 e. The molecule has 1 fully saturated rings. The molecule has 0 saturated carbocycles. The van der Waals surface area contributed by atoms with Crippen LogP contribution in [0.5, 0.6) is 5.75 Å². The minimum Gasteiger partial charge on any atom is -0.507 e. The summed E-state index contributed by atoms with van der Waals surface area (Å²) < 4.78 is 0. The third-order valence-corrected chi connectivity index (χ3v) is 4.23. The summed E-state index contributed by atoms with van der Waals surface area (Å²) in [6, 6.07) is 7.59. The third-order valence-electron chi connectivity index (χ3n) is 4.23. The first-order valence-corrected chi connectivity index (χ1v) is 7.58. The number of nitrogens with zero attached hydrogens (tertiary/aromatic N) is 3. The number of aromatic hydroxyl groups is 1. The van der Waals surface area contributed by atoms with Crippen molar-refractivity contribution in [3.8, 4) is 17.0 Å². The summed E-state index contributed by atoms with van der Waals surface area (Å²) in [5.41, 5.74) is 3.42. The van der Waals surface area contributed by atoms with E-state index in [0.29, 0.717) is 11.6 Å². The Morgan fingerprint density at radius 1 is 1.23 bits per heavy atom. The maximum atomic E-state index is 10.2. The molecule has 0 bridgehead atoms. The first kappa shape index (κ1) is 14.8. The third kappa shape index (κ3) is 2.76. The first-order chi connectivity index (χ1) is 10.6. The molecule has 2 heterocycles. The number of phenolic OH excluding ortho intramolecular Hbond substituents is 1. The highest BCUT2D eigenvalue weighted by atomic mass is 16.3. The fraction of sp³-hybridized carbons (Fsp3) is 0.412. The Kier molecular flexibility index (Phi) is 3.98. The van der Waals surface area contributed by atoms with Crippen LogP contribution < -0.4 is 4.90 Å². The Morgan fingerprint density at radius 3 is 2.64 bits per heavy atom. The predicted octanol–water partition coefficient (Wildman–Crippen LogP) is 2.28. The number of aryl methyl sites for hydroxylation is 2. The van der Waals surface area contributed by atoms with Gasteiger partial charge in [0.15, 0.2) is 5.82 Å². The summed E-state index contributed by atoms with van der Waals surface area (Å²) in [7, 11) is 0. The van der Waals surface area contributed by atoms with E-state index in [9.17, 15) is 10.2 Å².